The van der Waals surface area contributed by atoms with Gasteiger partial charge >= 0.3 is 12.0 Å². The topological polar surface area (TPSA) is 96.3 Å². The standard InChI is InChI=1S/C16H20N4O3/c1-16(2,9-8-14(21)22)19-15(23)18-12-4-6-13(7-5-12)20-11-3-10-17-20/h3-7,10-11H,8-9H2,1-2H3,(H,21,22)(H2,18,19,23). The Hall–Kier alpha value is -2.83. The van der Waals surface area contributed by atoms with Gasteiger partial charge in [0.1, 0.15) is 0 Å². The zero-order chi connectivity index (χ0) is 16.9. The largest absolute Gasteiger partial charge is 0.481 e. The van der Waals surface area contributed by atoms with Crippen LogP contribution >= 0.6 is 0 Å². The summed E-state index contributed by atoms with van der Waals surface area (Å²) in [6, 6.07) is 8.71. The van der Waals surface area contributed by atoms with Gasteiger partial charge in [-0.15, -0.1) is 0 Å². The number of hydrogen-bond donors (Lipinski definition) is 3. The Kier molecular flexibility index (Phi) is 5.00. The molecule has 122 valence electrons. The molecule has 2 amide bonds. The van der Waals surface area contributed by atoms with Gasteiger partial charge in [0, 0.05) is 30.0 Å². The van der Waals surface area contributed by atoms with Crippen molar-refractivity contribution in [3.63, 3.8) is 0 Å². The summed E-state index contributed by atoms with van der Waals surface area (Å²) < 4.78 is 1.72. The van der Waals surface area contributed by atoms with Gasteiger partial charge in [-0.2, -0.15) is 5.10 Å². The SMILES string of the molecule is CC(C)(CCC(=O)O)NC(=O)Nc1ccc(-n2cccn2)cc1. The second-order valence-corrected chi connectivity index (χ2v) is 5.85. The minimum absolute atomic E-state index is 0.00580. The smallest absolute Gasteiger partial charge is 0.319 e. The molecule has 0 fully saturated rings. The number of hydrogen-bond acceptors (Lipinski definition) is 3. The van der Waals surface area contributed by atoms with Crippen LogP contribution in [0.4, 0.5) is 10.5 Å². The number of anilines is 1. The maximum absolute atomic E-state index is 12.0. The molecule has 0 bridgehead atoms. The number of amides is 2. The average molecular weight is 316 g/mol. The van der Waals surface area contributed by atoms with Crippen molar-refractivity contribution in [2.24, 2.45) is 0 Å². The number of carbonyl (C=O) groups is 2. The molecule has 23 heavy (non-hydrogen) atoms. The van der Waals surface area contributed by atoms with Crippen LogP contribution in [0.5, 0.6) is 0 Å². The number of carbonyl (C=O) groups excluding carboxylic acids is 1. The van der Waals surface area contributed by atoms with Crippen LogP contribution in [0.15, 0.2) is 42.7 Å². The molecule has 0 radical (unpaired) electrons. The first-order valence-corrected chi connectivity index (χ1v) is 7.27. The van der Waals surface area contributed by atoms with Crippen molar-refractivity contribution >= 4 is 17.7 Å². The molecule has 0 unspecified atom stereocenters. The molecule has 1 heterocycles. The van der Waals surface area contributed by atoms with Gasteiger partial charge in [-0.05, 0) is 50.6 Å². The second kappa shape index (κ2) is 6.95. The van der Waals surface area contributed by atoms with Gasteiger partial charge in [0.05, 0.1) is 5.69 Å². The summed E-state index contributed by atoms with van der Waals surface area (Å²) in [5.41, 5.74) is 0.937. The summed E-state index contributed by atoms with van der Waals surface area (Å²) >= 11 is 0. The number of urea groups is 1. The van der Waals surface area contributed by atoms with Crippen LogP contribution in [0.25, 0.3) is 5.69 Å². The van der Waals surface area contributed by atoms with Crippen molar-refractivity contribution in [2.45, 2.75) is 32.2 Å². The molecule has 2 aromatic rings. The van der Waals surface area contributed by atoms with Crippen LogP contribution in [0, 0.1) is 0 Å². The van der Waals surface area contributed by atoms with E-state index >= 15 is 0 Å². The van der Waals surface area contributed by atoms with Crippen molar-refractivity contribution in [1.29, 1.82) is 0 Å². The third kappa shape index (κ3) is 5.14. The Bertz CT molecular complexity index is 663. The molecule has 0 saturated carbocycles. The summed E-state index contributed by atoms with van der Waals surface area (Å²) in [4.78, 5) is 22.6. The summed E-state index contributed by atoms with van der Waals surface area (Å²) in [6.45, 7) is 3.58. The van der Waals surface area contributed by atoms with Gasteiger partial charge in [-0.25, -0.2) is 9.48 Å². The first-order chi connectivity index (χ1) is 10.9. The maximum Gasteiger partial charge on any atom is 0.319 e. The zero-order valence-corrected chi connectivity index (χ0v) is 13.1. The van der Waals surface area contributed by atoms with E-state index in [-0.39, 0.29) is 12.5 Å². The highest BCUT2D eigenvalue weighted by Gasteiger charge is 2.21. The highest BCUT2D eigenvalue weighted by molar-refractivity contribution is 5.89. The fourth-order valence-corrected chi connectivity index (χ4v) is 2.07. The quantitative estimate of drug-likeness (QED) is 0.763. The lowest BCUT2D eigenvalue weighted by Gasteiger charge is -2.25. The Labute approximate surface area is 134 Å². The van der Waals surface area contributed by atoms with Gasteiger partial charge in [0.2, 0.25) is 0 Å². The first-order valence-electron chi connectivity index (χ1n) is 7.27. The Morgan fingerprint density at radius 1 is 1.26 bits per heavy atom. The molecule has 7 nitrogen and oxygen atoms in total. The molecule has 1 aromatic carbocycles. The van der Waals surface area contributed by atoms with Crippen LogP contribution in [0.2, 0.25) is 0 Å². The predicted octanol–water partition coefficient (Wildman–Crippen LogP) is 2.64. The third-order valence-electron chi connectivity index (χ3n) is 3.31. The van der Waals surface area contributed by atoms with Crippen molar-refractivity contribution in [2.75, 3.05) is 5.32 Å². The van der Waals surface area contributed by atoms with Crippen molar-refractivity contribution < 1.29 is 14.7 Å². The van der Waals surface area contributed by atoms with Gasteiger partial charge in [0.25, 0.3) is 0 Å². The monoisotopic (exact) mass is 316 g/mol. The van der Waals surface area contributed by atoms with E-state index in [0.29, 0.717) is 12.1 Å². The first kappa shape index (κ1) is 16.5. The van der Waals surface area contributed by atoms with E-state index in [1.807, 2.05) is 24.4 Å². The highest BCUT2D eigenvalue weighted by atomic mass is 16.4. The molecule has 2 rings (SSSR count). The molecule has 0 saturated heterocycles. The number of nitrogens with one attached hydrogen (secondary N) is 2. The van der Waals surface area contributed by atoms with Crippen LogP contribution in [-0.4, -0.2) is 32.4 Å². The Balaban J connectivity index is 1.91. The summed E-state index contributed by atoms with van der Waals surface area (Å²) in [5.74, 6) is -0.880. The van der Waals surface area contributed by atoms with Crippen LogP contribution < -0.4 is 10.6 Å². The number of nitrogens with zero attached hydrogens (tertiary/aromatic N) is 2. The van der Waals surface area contributed by atoms with Crippen LogP contribution in [-0.2, 0) is 4.79 Å². The molecule has 0 spiro atoms. The molecule has 7 heteroatoms. The summed E-state index contributed by atoms with van der Waals surface area (Å²) in [5, 5.41) is 18.3. The molecule has 0 atom stereocenters. The number of carboxylic acids is 1. The van der Waals surface area contributed by atoms with Gasteiger partial charge < -0.3 is 15.7 Å². The molecule has 1 aromatic heterocycles. The molecule has 0 aliphatic heterocycles. The molecule has 0 aliphatic carbocycles. The Morgan fingerprint density at radius 2 is 1.96 bits per heavy atom. The number of aromatic nitrogens is 2. The van der Waals surface area contributed by atoms with Gasteiger partial charge in [-0.3, -0.25) is 4.79 Å². The maximum atomic E-state index is 12.0. The zero-order valence-electron chi connectivity index (χ0n) is 13.1. The number of benzene rings is 1. The van der Waals surface area contributed by atoms with E-state index in [1.54, 1.807) is 36.9 Å². The van der Waals surface area contributed by atoms with Crippen molar-refractivity contribution in [3.8, 4) is 5.69 Å². The minimum atomic E-state index is -0.880. The molecular formula is C16H20N4O3. The van der Waals surface area contributed by atoms with Gasteiger partial charge in [0.15, 0.2) is 0 Å². The van der Waals surface area contributed by atoms with E-state index in [0.717, 1.165) is 5.69 Å². The average Bonchev–Trinajstić information content (AvgIpc) is 2.99. The summed E-state index contributed by atoms with van der Waals surface area (Å²) in [7, 11) is 0. The molecule has 0 aliphatic rings. The predicted molar refractivity (Wildman–Crippen MR) is 86.7 cm³/mol. The number of carboxylic acid groups (broad SMARTS) is 1. The van der Waals surface area contributed by atoms with E-state index in [2.05, 4.69) is 15.7 Å². The Morgan fingerprint density at radius 3 is 2.52 bits per heavy atom. The number of rotatable bonds is 6. The third-order valence-corrected chi connectivity index (χ3v) is 3.31. The second-order valence-electron chi connectivity index (χ2n) is 5.85. The van der Waals surface area contributed by atoms with Crippen molar-refractivity contribution in [3.05, 3.63) is 42.7 Å². The van der Waals surface area contributed by atoms with E-state index < -0.39 is 11.5 Å². The van der Waals surface area contributed by atoms with Crippen LogP contribution in [0.3, 0.4) is 0 Å². The normalized spacial score (nSPS) is 11.0. The fraction of sp³-hybridized carbons (Fsp3) is 0.312. The lowest BCUT2D eigenvalue weighted by molar-refractivity contribution is -0.137. The highest BCUT2D eigenvalue weighted by Crippen LogP contribution is 2.14. The van der Waals surface area contributed by atoms with E-state index in [9.17, 15) is 9.59 Å². The van der Waals surface area contributed by atoms with Crippen molar-refractivity contribution in [1.82, 2.24) is 15.1 Å². The lowest BCUT2D eigenvalue weighted by atomic mass is 9.99. The minimum Gasteiger partial charge on any atom is -0.481 e. The fourth-order valence-electron chi connectivity index (χ4n) is 2.07. The summed E-state index contributed by atoms with van der Waals surface area (Å²) in [6.07, 6.45) is 3.89. The van der Waals surface area contributed by atoms with Gasteiger partial charge in [-0.1, -0.05) is 0 Å². The molecule has 3 N–H and O–H groups in total. The van der Waals surface area contributed by atoms with E-state index in [4.69, 9.17) is 5.11 Å². The lowest BCUT2D eigenvalue weighted by Crippen LogP contribution is -2.45. The van der Waals surface area contributed by atoms with E-state index in [1.165, 1.54) is 0 Å². The molecular weight excluding hydrogens is 296 g/mol. The van der Waals surface area contributed by atoms with Crippen LogP contribution in [0.1, 0.15) is 26.7 Å². The number of aliphatic carboxylic acids is 1.